The van der Waals surface area contributed by atoms with Gasteiger partial charge in [-0.3, -0.25) is 4.55 Å². The van der Waals surface area contributed by atoms with Crippen molar-refractivity contribution < 1.29 is 13.0 Å². The lowest BCUT2D eigenvalue weighted by atomic mass is 10.2. The summed E-state index contributed by atoms with van der Waals surface area (Å²) in [5.41, 5.74) is 6.64. The molecule has 0 radical (unpaired) electrons. The van der Waals surface area contributed by atoms with E-state index in [4.69, 9.17) is 21.9 Å². The number of nitrogens with two attached hydrogens (primary N) is 1. The molecule has 0 aliphatic heterocycles. The zero-order valence-electron chi connectivity index (χ0n) is 11.3. The van der Waals surface area contributed by atoms with Crippen molar-refractivity contribution in [2.75, 3.05) is 11.1 Å². The summed E-state index contributed by atoms with van der Waals surface area (Å²) in [7, 11) is -4.35. The van der Waals surface area contributed by atoms with Crippen LogP contribution in [0.15, 0.2) is 23.1 Å². The van der Waals surface area contributed by atoms with Crippen molar-refractivity contribution in [2.24, 2.45) is 0 Å². The van der Waals surface area contributed by atoms with Gasteiger partial charge in [0.05, 0.1) is 11.4 Å². The van der Waals surface area contributed by atoms with Gasteiger partial charge in [0.15, 0.2) is 5.82 Å². The molecule has 112 valence electrons. The van der Waals surface area contributed by atoms with Gasteiger partial charge < -0.3 is 11.1 Å². The third kappa shape index (κ3) is 3.41. The van der Waals surface area contributed by atoms with Crippen LogP contribution < -0.4 is 11.1 Å². The fraction of sp³-hybridized carbons (Fsp3) is 0.167. The highest BCUT2D eigenvalue weighted by molar-refractivity contribution is 7.86. The third-order valence-corrected chi connectivity index (χ3v) is 4.06. The van der Waals surface area contributed by atoms with Gasteiger partial charge in [-0.25, -0.2) is 9.97 Å². The highest BCUT2D eigenvalue weighted by Gasteiger charge is 2.15. The van der Waals surface area contributed by atoms with Crippen molar-refractivity contribution in [2.45, 2.75) is 18.7 Å². The van der Waals surface area contributed by atoms with E-state index in [2.05, 4.69) is 15.3 Å². The minimum Gasteiger partial charge on any atom is -0.398 e. The topological polar surface area (TPSA) is 118 Å². The molecule has 0 amide bonds. The van der Waals surface area contributed by atoms with Crippen LogP contribution in [0.4, 0.5) is 17.2 Å². The number of halogens is 1. The number of benzene rings is 1. The molecule has 0 unspecified atom stereocenters. The molecule has 0 atom stereocenters. The Labute approximate surface area is 126 Å². The van der Waals surface area contributed by atoms with Gasteiger partial charge in [-0.15, -0.1) is 0 Å². The van der Waals surface area contributed by atoms with E-state index in [-0.39, 0.29) is 10.6 Å². The van der Waals surface area contributed by atoms with Crippen molar-refractivity contribution in [1.82, 2.24) is 9.97 Å². The highest BCUT2D eigenvalue weighted by Crippen LogP contribution is 2.28. The number of aryl methyl sites for hydroxylation is 2. The first kappa shape index (κ1) is 15.5. The fourth-order valence-corrected chi connectivity index (χ4v) is 2.51. The molecular weight excluding hydrogens is 316 g/mol. The summed E-state index contributed by atoms with van der Waals surface area (Å²) in [4.78, 5) is 7.93. The van der Waals surface area contributed by atoms with Crippen LogP contribution in [-0.4, -0.2) is 22.9 Å². The Morgan fingerprint density at radius 2 is 1.95 bits per heavy atom. The maximum absolute atomic E-state index is 11.1. The van der Waals surface area contributed by atoms with Gasteiger partial charge in [0.2, 0.25) is 0 Å². The first-order valence-electron chi connectivity index (χ1n) is 5.83. The van der Waals surface area contributed by atoms with Gasteiger partial charge in [-0.2, -0.15) is 8.42 Å². The van der Waals surface area contributed by atoms with E-state index in [0.717, 1.165) is 0 Å². The second-order valence-corrected chi connectivity index (χ2v) is 6.14. The summed E-state index contributed by atoms with van der Waals surface area (Å²) in [5.74, 6) is 0.933. The van der Waals surface area contributed by atoms with Crippen molar-refractivity contribution in [1.29, 1.82) is 0 Å². The molecule has 21 heavy (non-hydrogen) atoms. The number of nitrogens with one attached hydrogen (secondary N) is 1. The van der Waals surface area contributed by atoms with Gasteiger partial charge in [0, 0.05) is 5.69 Å². The van der Waals surface area contributed by atoms with Crippen LogP contribution in [0.5, 0.6) is 0 Å². The predicted octanol–water partition coefficient (Wildman–Crippen LogP) is 2.32. The molecule has 2 aromatic rings. The zero-order valence-corrected chi connectivity index (χ0v) is 12.8. The van der Waals surface area contributed by atoms with Crippen LogP contribution in [-0.2, 0) is 10.1 Å². The van der Waals surface area contributed by atoms with Crippen LogP contribution >= 0.6 is 11.6 Å². The standard InChI is InChI=1S/C12H13ClN4O3S/c1-6-11(13)12(16-7(2)15-6)17-8-3-4-10(9(14)5-8)21(18,19)20/h3-5H,14H2,1-2H3,(H,15,16,17)(H,18,19,20). The maximum atomic E-state index is 11.1. The van der Waals surface area contributed by atoms with Gasteiger partial charge in [0.25, 0.3) is 10.1 Å². The van der Waals surface area contributed by atoms with Crippen LogP contribution in [0.1, 0.15) is 11.5 Å². The van der Waals surface area contributed by atoms with E-state index in [1.54, 1.807) is 13.8 Å². The number of anilines is 3. The van der Waals surface area contributed by atoms with E-state index in [1.165, 1.54) is 18.2 Å². The molecule has 4 N–H and O–H groups in total. The number of nitrogens with zero attached hydrogens (tertiary/aromatic N) is 2. The molecule has 0 bridgehead atoms. The van der Waals surface area contributed by atoms with Gasteiger partial charge in [0.1, 0.15) is 15.7 Å². The molecule has 1 heterocycles. The quantitative estimate of drug-likeness (QED) is 0.584. The number of hydrogen-bond donors (Lipinski definition) is 3. The minimum atomic E-state index is -4.35. The van der Waals surface area contributed by atoms with Gasteiger partial charge in [-0.05, 0) is 32.0 Å². The molecule has 0 saturated carbocycles. The smallest absolute Gasteiger partial charge is 0.296 e. The first-order chi connectivity index (χ1) is 9.68. The Morgan fingerprint density at radius 1 is 1.29 bits per heavy atom. The average molecular weight is 329 g/mol. The zero-order chi connectivity index (χ0) is 15.8. The Balaban J connectivity index is 2.40. The Hall–Kier alpha value is -1.90. The molecule has 7 nitrogen and oxygen atoms in total. The number of hydrogen-bond acceptors (Lipinski definition) is 6. The molecule has 9 heteroatoms. The SMILES string of the molecule is Cc1nc(C)c(Cl)c(Nc2ccc(S(=O)(=O)O)c(N)c2)n1. The van der Waals surface area contributed by atoms with E-state index in [1.807, 2.05) is 0 Å². The van der Waals surface area contributed by atoms with E-state index in [9.17, 15) is 8.42 Å². The number of rotatable bonds is 3. The van der Waals surface area contributed by atoms with E-state index in [0.29, 0.717) is 28.0 Å². The number of nitrogen functional groups attached to an aromatic ring is 1. The van der Waals surface area contributed by atoms with Gasteiger partial charge in [-0.1, -0.05) is 11.6 Å². The summed E-state index contributed by atoms with van der Waals surface area (Å²) in [6, 6.07) is 4.01. The third-order valence-electron chi connectivity index (χ3n) is 2.68. The summed E-state index contributed by atoms with van der Waals surface area (Å²) < 4.78 is 31.2. The first-order valence-corrected chi connectivity index (χ1v) is 7.65. The minimum absolute atomic E-state index is 0.0823. The van der Waals surface area contributed by atoms with Crippen LogP contribution in [0.3, 0.4) is 0 Å². The second kappa shape index (κ2) is 5.47. The van der Waals surface area contributed by atoms with Crippen molar-refractivity contribution in [3.8, 4) is 0 Å². The molecule has 0 aliphatic rings. The maximum Gasteiger partial charge on any atom is 0.296 e. The fourth-order valence-electron chi connectivity index (χ4n) is 1.78. The van der Waals surface area contributed by atoms with Crippen molar-refractivity contribution in [3.63, 3.8) is 0 Å². The summed E-state index contributed by atoms with van der Waals surface area (Å²) >= 11 is 6.10. The Morgan fingerprint density at radius 3 is 2.52 bits per heavy atom. The molecule has 0 spiro atoms. The average Bonchev–Trinajstić information content (AvgIpc) is 2.33. The lowest BCUT2D eigenvalue weighted by molar-refractivity contribution is 0.483. The molecule has 1 aromatic carbocycles. The Bertz CT molecular complexity index is 808. The van der Waals surface area contributed by atoms with Gasteiger partial charge >= 0.3 is 0 Å². The summed E-state index contributed by atoms with van der Waals surface area (Å²) in [6.07, 6.45) is 0. The lowest BCUT2D eigenvalue weighted by Crippen LogP contribution is -2.05. The monoisotopic (exact) mass is 328 g/mol. The lowest BCUT2D eigenvalue weighted by Gasteiger charge is -2.11. The van der Waals surface area contributed by atoms with Crippen LogP contribution in [0, 0.1) is 13.8 Å². The largest absolute Gasteiger partial charge is 0.398 e. The highest BCUT2D eigenvalue weighted by atomic mass is 35.5. The van der Waals surface area contributed by atoms with Crippen molar-refractivity contribution in [3.05, 3.63) is 34.7 Å². The summed E-state index contributed by atoms with van der Waals surface area (Å²) in [5, 5.41) is 3.29. The Kier molecular flexibility index (Phi) is 4.04. The molecule has 2 rings (SSSR count). The second-order valence-electron chi connectivity index (χ2n) is 4.37. The van der Waals surface area contributed by atoms with E-state index >= 15 is 0 Å². The number of aromatic nitrogens is 2. The van der Waals surface area contributed by atoms with Crippen LogP contribution in [0.25, 0.3) is 0 Å². The van der Waals surface area contributed by atoms with Crippen LogP contribution in [0.2, 0.25) is 5.02 Å². The predicted molar refractivity (Wildman–Crippen MR) is 80.5 cm³/mol. The van der Waals surface area contributed by atoms with E-state index < -0.39 is 10.1 Å². The molecular formula is C12H13ClN4O3S. The molecule has 0 aliphatic carbocycles. The molecule has 1 aromatic heterocycles. The molecule has 0 fully saturated rings. The van der Waals surface area contributed by atoms with Crippen molar-refractivity contribution >= 4 is 38.9 Å². The normalized spacial score (nSPS) is 11.4. The summed E-state index contributed by atoms with van der Waals surface area (Å²) in [6.45, 7) is 3.47. The molecule has 0 saturated heterocycles.